The van der Waals surface area contributed by atoms with E-state index in [0.717, 1.165) is 25.7 Å². The van der Waals surface area contributed by atoms with Gasteiger partial charge in [-0.1, -0.05) is 43.7 Å². The van der Waals surface area contributed by atoms with Crippen LogP contribution in [0.4, 0.5) is 5.69 Å². The molecule has 0 spiro atoms. The van der Waals surface area contributed by atoms with Crippen LogP contribution in [-0.4, -0.2) is 45.8 Å². The van der Waals surface area contributed by atoms with Crippen LogP contribution in [0.1, 0.15) is 79.8 Å². The van der Waals surface area contributed by atoms with Crippen molar-refractivity contribution in [2.75, 3.05) is 11.5 Å². The van der Waals surface area contributed by atoms with Crippen LogP contribution in [0.5, 0.6) is 0 Å². The Morgan fingerprint density at radius 2 is 1.79 bits per heavy atom. The zero-order chi connectivity index (χ0) is 24.3. The van der Waals surface area contributed by atoms with Crippen LogP contribution in [0.15, 0.2) is 30.3 Å². The van der Waals surface area contributed by atoms with E-state index in [1.54, 1.807) is 38.1 Å². The number of carbonyl (C=O) groups is 3. The number of ether oxygens (including phenoxy) is 1. The lowest BCUT2D eigenvalue weighted by Gasteiger charge is -2.43. The molecule has 1 aromatic carbocycles. The Kier molecular flexibility index (Phi) is 7.26. The number of hydrogen-bond acceptors (Lipinski definition) is 5. The van der Waals surface area contributed by atoms with E-state index in [0.29, 0.717) is 10.7 Å². The van der Waals surface area contributed by atoms with Crippen LogP contribution in [0.25, 0.3) is 0 Å². The van der Waals surface area contributed by atoms with Crippen molar-refractivity contribution in [3.05, 3.63) is 46.7 Å². The van der Waals surface area contributed by atoms with Gasteiger partial charge < -0.3 is 10.1 Å². The quantitative estimate of drug-likeness (QED) is 0.634. The Labute approximate surface area is 204 Å². The summed E-state index contributed by atoms with van der Waals surface area (Å²) in [5, 5.41) is 8.06. The van der Waals surface area contributed by atoms with Gasteiger partial charge in [0.25, 0.3) is 5.91 Å². The first-order valence-corrected chi connectivity index (χ1v) is 12.4. The fourth-order valence-corrected chi connectivity index (χ4v) is 4.95. The summed E-state index contributed by atoms with van der Waals surface area (Å²) in [6, 6.07) is 8.32. The monoisotopic (exact) mass is 486 g/mol. The highest BCUT2D eigenvalue weighted by Crippen LogP contribution is 2.34. The van der Waals surface area contributed by atoms with E-state index >= 15 is 0 Å². The molecular formula is C25H31ClN4O4. The molecule has 182 valence electrons. The Morgan fingerprint density at radius 3 is 2.44 bits per heavy atom. The second-order valence-electron chi connectivity index (χ2n) is 9.20. The van der Waals surface area contributed by atoms with Gasteiger partial charge in [-0.3, -0.25) is 19.2 Å². The number of carbonyl (C=O) groups excluding carboxylic acids is 3. The molecule has 1 N–H and O–H groups in total. The second-order valence-corrected chi connectivity index (χ2v) is 9.64. The lowest BCUT2D eigenvalue weighted by molar-refractivity contribution is -0.127. The molecule has 1 saturated carbocycles. The largest absolute Gasteiger partial charge is 0.461 e. The van der Waals surface area contributed by atoms with Gasteiger partial charge in [0.2, 0.25) is 5.91 Å². The molecule has 1 aliphatic carbocycles. The molecule has 0 unspecified atom stereocenters. The van der Waals surface area contributed by atoms with E-state index in [2.05, 4.69) is 10.4 Å². The summed E-state index contributed by atoms with van der Waals surface area (Å²) in [5.41, 5.74) is -0.423. The number of hydrogen-bond donors (Lipinski definition) is 1. The molecule has 4 rings (SSSR count). The first-order valence-electron chi connectivity index (χ1n) is 12.0. The van der Waals surface area contributed by atoms with E-state index in [-0.39, 0.29) is 36.5 Å². The summed E-state index contributed by atoms with van der Waals surface area (Å²) < 4.78 is 6.50. The van der Waals surface area contributed by atoms with E-state index in [4.69, 9.17) is 16.3 Å². The van der Waals surface area contributed by atoms with Gasteiger partial charge in [-0.05, 0) is 51.0 Å². The third-order valence-corrected chi connectivity index (χ3v) is 6.90. The minimum absolute atomic E-state index is 0.0472. The summed E-state index contributed by atoms with van der Waals surface area (Å²) >= 11 is 6.08. The summed E-state index contributed by atoms with van der Waals surface area (Å²) in [6.07, 6.45) is 7.59. The van der Waals surface area contributed by atoms with Crippen molar-refractivity contribution in [2.24, 2.45) is 0 Å². The third kappa shape index (κ3) is 4.82. The normalized spacial score (nSPS) is 21.4. The van der Waals surface area contributed by atoms with Gasteiger partial charge in [0.1, 0.15) is 11.2 Å². The maximum atomic E-state index is 13.8. The Balaban J connectivity index is 1.70. The predicted molar refractivity (Wildman–Crippen MR) is 129 cm³/mol. The highest BCUT2D eigenvalue weighted by molar-refractivity contribution is 6.30. The minimum Gasteiger partial charge on any atom is -0.461 e. The number of aromatic nitrogens is 2. The molecule has 1 atom stereocenters. The van der Waals surface area contributed by atoms with Crippen molar-refractivity contribution in [3.8, 4) is 0 Å². The number of fused-ring (bicyclic) bond motifs is 1. The average Bonchev–Trinajstić information content (AvgIpc) is 3.21. The van der Waals surface area contributed by atoms with Gasteiger partial charge in [0.05, 0.1) is 13.2 Å². The van der Waals surface area contributed by atoms with Crippen LogP contribution < -0.4 is 10.2 Å². The number of anilines is 1. The lowest BCUT2D eigenvalue weighted by Crippen LogP contribution is -2.65. The molecule has 1 aliphatic heterocycles. The van der Waals surface area contributed by atoms with E-state index in [9.17, 15) is 14.4 Å². The van der Waals surface area contributed by atoms with Crippen LogP contribution >= 0.6 is 11.6 Å². The maximum Gasteiger partial charge on any atom is 0.358 e. The molecule has 8 nitrogen and oxygen atoms in total. The topological polar surface area (TPSA) is 93.5 Å². The molecule has 0 saturated heterocycles. The molecule has 2 aliphatic rings. The van der Waals surface area contributed by atoms with Crippen molar-refractivity contribution in [1.29, 1.82) is 0 Å². The van der Waals surface area contributed by atoms with E-state index < -0.39 is 17.4 Å². The van der Waals surface area contributed by atoms with Gasteiger partial charge in [0, 0.05) is 22.8 Å². The number of esters is 1. The SMILES string of the molecule is CCOC(=O)c1cc2n(n1)C[C@@](C)(C(=O)NC1CCCCCCC1)N(c1ccc(Cl)cc1)C2=O. The number of amides is 2. The van der Waals surface area contributed by atoms with Crippen LogP contribution in [0, 0.1) is 0 Å². The van der Waals surface area contributed by atoms with Gasteiger partial charge in [-0.2, -0.15) is 5.10 Å². The number of rotatable bonds is 5. The number of nitrogens with one attached hydrogen (secondary N) is 1. The molecule has 1 fully saturated rings. The van der Waals surface area contributed by atoms with E-state index in [1.807, 2.05) is 0 Å². The summed E-state index contributed by atoms with van der Waals surface area (Å²) in [6.45, 7) is 3.76. The van der Waals surface area contributed by atoms with Gasteiger partial charge >= 0.3 is 5.97 Å². The standard InChI is InChI=1S/C25H31ClN4O4/c1-3-34-23(32)20-15-21-22(31)30(19-13-11-17(26)12-14-19)25(2,16-29(21)28-20)24(33)27-18-9-7-5-4-6-8-10-18/h11-15,18H,3-10,16H2,1-2H3,(H,27,33)/t25-/m0/s1. The fourth-order valence-electron chi connectivity index (χ4n) is 4.82. The smallest absolute Gasteiger partial charge is 0.358 e. The number of benzene rings is 1. The Bertz CT molecular complexity index is 1060. The molecule has 0 bridgehead atoms. The lowest BCUT2D eigenvalue weighted by atomic mass is 9.91. The summed E-state index contributed by atoms with van der Waals surface area (Å²) in [5.74, 6) is -1.25. The van der Waals surface area contributed by atoms with E-state index in [1.165, 1.54) is 34.9 Å². The van der Waals surface area contributed by atoms with Crippen molar-refractivity contribution in [1.82, 2.24) is 15.1 Å². The molecule has 2 amide bonds. The first kappa shape index (κ1) is 24.3. The minimum atomic E-state index is -1.25. The Morgan fingerprint density at radius 1 is 1.15 bits per heavy atom. The molecule has 2 heterocycles. The van der Waals surface area contributed by atoms with Gasteiger partial charge in [-0.25, -0.2) is 4.79 Å². The zero-order valence-corrected chi connectivity index (χ0v) is 20.4. The fraction of sp³-hybridized carbons (Fsp3) is 0.520. The number of nitrogens with zero attached hydrogens (tertiary/aromatic N) is 3. The molecular weight excluding hydrogens is 456 g/mol. The maximum absolute atomic E-state index is 13.8. The Hall–Kier alpha value is -2.87. The van der Waals surface area contributed by atoms with Crippen molar-refractivity contribution >= 4 is 35.1 Å². The molecule has 2 aromatic rings. The van der Waals surface area contributed by atoms with Gasteiger partial charge in [0.15, 0.2) is 5.69 Å². The highest BCUT2D eigenvalue weighted by Gasteiger charge is 2.49. The summed E-state index contributed by atoms with van der Waals surface area (Å²) in [7, 11) is 0. The predicted octanol–water partition coefficient (Wildman–Crippen LogP) is 4.36. The molecule has 0 radical (unpaired) electrons. The average molecular weight is 487 g/mol. The van der Waals surface area contributed by atoms with Crippen LogP contribution in [0.2, 0.25) is 5.02 Å². The van der Waals surface area contributed by atoms with Crippen LogP contribution in [-0.2, 0) is 16.1 Å². The first-order chi connectivity index (χ1) is 16.3. The van der Waals surface area contributed by atoms with Crippen molar-refractivity contribution in [3.63, 3.8) is 0 Å². The third-order valence-electron chi connectivity index (χ3n) is 6.65. The number of halogens is 1. The van der Waals surface area contributed by atoms with Gasteiger partial charge in [-0.15, -0.1) is 0 Å². The molecule has 9 heteroatoms. The molecule has 1 aromatic heterocycles. The van der Waals surface area contributed by atoms with Crippen LogP contribution in [0.3, 0.4) is 0 Å². The highest BCUT2D eigenvalue weighted by atomic mass is 35.5. The zero-order valence-electron chi connectivity index (χ0n) is 19.7. The summed E-state index contributed by atoms with van der Waals surface area (Å²) in [4.78, 5) is 41.2. The molecule has 34 heavy (non-hydrogen) atoms. The van der Waals surface area contributed by atoms with Crippen molar-refractivity contribution in [2.45, 2.75) is 76.9 Å². The second kappa shape index (κ2) is 10.2. The van der Waals surface area contributed by atoms with Crippen molar-refractivity contribution < 1.29 is 19.1 Å².